The predicted molar refractivity (Wildman–Crippen MR) is 119 cm³/mol. The van der Waals surface area contributed by atoms with Crippen molar-refractivity contribution in [2.75, 3.05) is 6.61 Å². The van der Waals surface area contributed by atoms with Gasteiger partial charge in [-0.05, 0) is 97.7 Å². The van der Waals surface area contributed by atoms with Crippen LogP contribution in [0.4, 0.5) is 0 Å². The van der Waals surface area contributed by atoms with Gasteiger partial charge in [0, 0.05) is 12.3 Å². The molecule has 0 aromatic heterocycles. The molecule has 0 aromatic carbocycles. The number of aliphatic hydroxyl groups excluding tert-OH is 2. The summed E-state index contributed by atoms with van der Waals surface area (Å²) in [6.07, 6.45) is 9.51. The zero-order valence-electron chi connectivity index (χ0n) is 20.1. The van der Waals surface area contributed by atoms with Crippen molar-refractivity contribution >= 4 is 0 Å². The molecule has 0 bridgehead atoms. The molecule has 4 saturated carbocycles. The smallest absolute Gasteiger partial charge is 0.171 e. The first-order valence-electron chi connectivity index (χ1n) is 13.4. The number of fused-ring (bicyclic) bond motifs is 7. The van der Waals surface area contributed by atoms with Gasteiger partial charge in [0.15, 0.2) is 5.79 Å². The number of aliphatic hydroxyl groups is 2. The summed E-state index contributed by atoms with van der Waals surface area (Å²) in [4.78, 5) is 0. The third-order valence-electron chi connectivity index (χ3n) is 12.0. The quantitative estimate of drug-likeness (QED) is 0.579. The molecule has 4 nitrogen and oxygen atoms in total. The van der Waals surface area contributed by atoms with Crippen molar-refractivity contribution in [2.45, 2.75) is 110 Å². The molecule has 6 rings (SSSR count). The highest BCUT2D eigenvalue weighted by molar-refractivity contribution is 5.15. The lowest BCUT2D eigenvalue weighted by Gasteiger charge is -2.61. The third kappa shape index (κ3) is 2.80. The van der Waals surface area contributed by atoms with Gasteiger partial charge in [0.25, 0.3) is 0 Å². The lowest BCUT2D eigenvalue weighted by Crippen LogP contribution is -2.57. The van der Waals surface area contributed by atoms with E-state index in [1.54, 1.807) is 0 Å². The van der Waals surface area contributed by atoms with Gasteiger partial charge in [-0.15, -0.1) is 0 Å². The standard InChI is InChI=1S/C27H44O4/c1-15-7-10-27(30-14-15)16(2)24-23(31-27)12-20-18-6-5-17-11-21(28)22(29)13-26(17,4)19(18)8-9-25(20,24)3/h15-24,28-29H,5-14H2,1-4H3/t15-,16+,17+,18+,19-,20-,21-,22-,23-,24+,25+,26+,27-/m1/s1. The second-order valence-electron chi connectivity index (χ2n) is 13.2. The molecule has 0 unspecified atom stereocenters. The van der Waals surface area contributed by atoms with E-state index < -0.39 is 12.2 Å². The van der Waals surface area contributed by atoms with Crippen molar-refractivity contribution in [3.8, 4) is 0 Å². The van der Waals surface area contributed by atoms with E-state index in [0.717, 1.165) is 37.7 Å². The SMILES string of the molecule is C[C@@H]1CC[C@@]2(OC1)O[C@@H]1C[C@@H]3[C@H]4CC[C@H]5C[C@@H](O)[C@H](O)C[C@]5(C)[C@@H]4CC[C@]3(C)[C@H]1[C@@H]2C. The zero-order valence-corrected chi connectivity index (χ0v) is 20.1. The van der Waals surface area contributed by atoms with Crippen LogP contribution in [0.15, 0.2) is 0 Å². The molecule has 2 N–H and O–H groups in total. The highest BCUT2D eigenvalue weighted by atomic mass is 16.7. The van der Waals surface area contributed by atoms with E-state index in [1.807, 2.05) is 0 Å². The average molecular weight is 433 g/mol. The van der Waals surface area contributed by atoms with E-state index in [9.17, 15) is 10.2 Å². The fraction of sp³-hybridized carbons (Fsp3) is 1.00. The van der Waals surface area contributed by atoms with E-state index in [1.165, 1.54) is 38.5 Å². The predicted octanol–water partition coefficient (Wildman–Crippen LogP) is 4.76. The molecular formula is C27H44O4. The normalized spacial score (nSPS) is 63.3. The number of rotatable bonds is 0. The first kappa shape index (κ1) is 21.4. The van der Waals surface area contributed by atoms with Gasteiger partial charge in [-0.3, -0.25) is 0 Å². The van der Waals surface area contributed by atoms with Crippen LogP contribution in [0.2, 0.25) is 0 Å². The molecule has 176 valence electrons. The third-order valence-corrected chi connectivity index (χ3v) is 12.0. The Morgan fingerprint density at radius 1 is 0.839 bits per heavy atom. The second-order valence-corrected chi connectivity index (χ2v) is 13.2. The molecule has 1 spiro atoms. The topological polar surface area (TPSA) is 58.9 Å². The Kier molecular flexibility index (Phi) is 4.78. The molecule has 6 aliphatic rings. The van der Waals surface area contributed by atoms with Gasteiger partial charge in [-0.25, -0.2) is 0 Å². The number of hydrogen-bond acceptors (Lipinski definition) is 4. The molecule has 0 radical (unpaired) electrons. The summed E-state index contributed by atoms with van der Waals surface area (Å²) in [6, 6.07) is 0. The average Bonchev–Trinajstić information content (AvgIpc) is 3.16. The van der Waals surface area contributed by atoms with Crippen molar-refractivity contribution in [1.82, 2.24) is 0 Å². The van der Waals surface area contributed by atoms with Gasteiger partial charge in [-0.1, -0.05) is 27.7 Å². The van der Waals surface area contributed by atoms with Gasteiger partial charge < -0.3 is 19.7 Å². The zero-order chi connectivity index (χ0) is 21.8. The maximum atomic E-state index is 10.6. The molecule has 2 saturated heterocycles. The van der Waals surface area contributed by atoms with Crippen LogP contribution in [0.5, 0.6) is 0 Å². The van der Waals surface area contributed by atoms with Gasteiger partial charge in [0.1, 0.15) is 0 Å². The highest BCUT2D eigenvalue weighted by Crippen LogP contribution is 2.71. The van der Waals surface area contributed by atoms with Crippen molar-refractivity contribution in [3.63, 3.8) is 0 Å². The summed E-state index contributed by atoms with van der Waals surface area (Å²) < 4.78 is 13.3. The Labute approximate surface area is 188 Å². The summed E-state index contributed by atoms with van der Waals surface area (Å²) >= 11 is 0. The van der Waals surface area contributed by atoms with Crippen molar-refractivity contribution in [1.29, 1.82) is 0 Å². The molecule has 31 heavy (non-hydrogen) atoms. The van der Waals surface area contributed by atoms with Crippen LogP contribution in [-0.4, -0.2) is 40.9 Å². The van der Waals surface area contributed by atoms with Gasteiger partial charge in [-0.2, -0.15) is 0 Å². The van der Waals surface area contributed by atoms with Crippen LogP contribution in [0, 0.1) is 52.3 Å². The molecule has 0 amide bonds. The van der Waals surface area contributed by atoms with E-state index in [0.29, 0.717) is 41.1 Å². The van der Waals surface area contributed by atoms with Crippen LogP contribution >= 0.6 is 0 Å². The minimum Gasteiger partial charge on any atom is -0.390 e. The molecule has 2 aliphatic heterocycles. The fourth-order valence-electron chi connectivity index (χ4n) is 10.3. The van der Waals surface area contributed by atoms with E-state index in [2.05, 4.69) is 27.7 Å². The van der Waals surface area contributed by atoms with Crippen molar-refractivity contribution in [2.24, 2.45) is 52.3 Å². The van der Waals surface area contributed by atoms with Gasteiger partial charge in [0.05, 0.1) is 24.9 Å². The first-order valence-corrected chi connectivity index (χ1v) is 13.4. The molecule has 4 aliphatic carbocycles. The van der Waals surface area contributed by atoms with Crippen LogP contribution in [-0.2, 0) is 9.47 Å². The van der Waals surface area contributed by atoms with Crippen LogP contribution in [0.1, 0.15) is 85.5 Å². The molecular weight excluding hydrogens is 388 g/mol. The van der Waals surface area contributed by atoms with E-state index in [4.69, 9.17) is 9.47 Å². The van der Waals surface area contributed by atoms with E-state index in [-0.39, 0.29) is 11.2 Å². The minimum atomic E-state index is -0.537. The Morgan fingerprint density at radius 3 is 2.39 bits per heavy atom. The Hall–Kier alpha value is -0.160. The van der Waals surface area contributed by atoms with Crippen molar-refractivity contribution < 1.29 is 19.7 Å². The Bertz CT molecular complexity index is 716. The molecule has 6 fully saturated rings. The maximum absolute atomic E-state index is 10.6. The Morgan fingerprint density at radius 2 is 1.65 bits per heavy atom. The summed E-state index contributed by atoms with van der Waals surface area (Å²) in [5.41, 5.74) is 0.550. The van der Waals surface area contributed by atoms with E-state index >= 15 is 0 Å². The Balaban J connectivity index is 1.26. The van der Waals surface area contributed by atoms with Gasteiger partial charge >= 0.3 is 0 Å². The number of ether oxygens (including phenoxy) is 2. The minimum absolute atomic E-state index is 0.191. The number of hydrogen-bond donors (Lipinski definition) is 2. The summed E-state index contributed by atoms with van der Waals surface area (Å²) in [6.45, 7) is 10.6. The lowest BCUT2D eigenvalue weighted by molar-refractivity contribution is -0.273. The maximum Gasteiger partial charge on any atom is 0.171 e. The summed E-state index contributed by atoms with van der Waals surface area (Å²) in [5.74, 6) is 4.21. The molecule has 2 heterocycles. The fourth-order valence-corrected chi connectivity index (χ4v) is 10.3. The van der Waals surface area contributed by atoms with Crippen LogP contribution in [0.3, 0.4) is 0 Å². The lowest BCUT2D eigenvalue weighted by atomic mass is 9.44. The summed E-state index contributed by atoms with van der Waals surface area (Å²) in [5, 5.41) is 20.9. The first-order chi connectivity index (χ1) is 14.7. The summed E-state index contributed by atoms with van der Waals surface area (Å²) in [7, 11) is 0. The second kappa shape index (κ2) is 6.93. The van der Waals surface area contributed by atoms with Crippen molar-refractivity contribution in [3.05, 3.63) is 0 Å². The van der Waals surface area contributed by atoms with Crippen LogP contribution in [0.25, 0.3) is 0 Å². The highest BCUT2D eigenvalue weighted by Gasteiger charge is 2.69. The monoisotopic (exact) mass is 432 g/mol. The molecule has 4 heteroatoms. The van der Waals surface area contributed by atoms with Crippen LogP contribution < -0.4 is 0 Å². The molecule has 13 atom stereocenters. The molecule has 0 aromatic rings. The largest absolute Gasteiger partial charge is 0.390 e. The van der Waals surface area contributed by atoms with Gasteiger partial charge in [0.2, 0.25) is 0 Å².